The zero-order chi connectivity index (χ0) is 57.4. The Morgan fingerprint density at radius 3 is 1.39 bits per heavy atom. The van der Waals surface area contributed by atoms with E-state index in [-0.39, 0.29) is 18.9 Å². The summed E-state index contributed by atoms with van der Waals surface area (Å²) in [5.74, 6) is -0.250. The number of hydrogen-bond donors (Lipinski definition) is 9. The Morgan fingerprint density at radius 1 is 0.468 bits per heavy atom. The third-order valence-corrected chi connectivity index (χ3v) is 15.1. The first-order chi connectivity index (χ1) is 38.6. The number of aliphatic hydroxyl groups excluding tert-OH is 8. The van der Waals surface area contributed by atoms with Crippen LogP contribution in [0.15, 0.2) is 72.9 Å². The number of nitrogens with one attached hydrogen (secondary N) is 1. The molecule has 2 heterocycles. The van der Waals surface area contributed by atoms with Gasteiger partial charge < -0.3 is 65.1 Å². The standard InChI is InChI=1S/C65H115NO13/c1-3-5-7-9-11-13-15-17-18-19-20-21-22-23-24-25-26-27-28-29-30-31-32-33-34-35-36-37-39-41-43-45-47-49-57(70)66-53(54(69)48-46-44-42-40-38-16-14-12-10-8-6-4-2)52-76-64-62(75)60(73)63(56(51-68)78-64)79-65-61(74)59(72)58(71)55(50-67)77-65/h5,7,11,13,17-18,20-21,38,40,46,48,53-56,58-65,67-69,71-75H,3-4,6,8-10,12,14-16,19,22-37,39,41-45,47,49-52H2,1-2H3,(H,66,70)/b7-5-,13-11-,18-17-,21-20-,40-38+,48-46+. The molecule has 2 aliphatic heterocycles. The molecule has 0 aliphatic carbocycles. The van der Waals surface area contributed by atoms with Crippen LogP contribution in [0.1, 0.15) is 239 Å². The van der Waals surface area contributed by atoms with E-state index < -0.39 is 86.8 Å². The molecule has 0 saturated carbocycles. The van der Waals surface area contributed by atoms with E-state index in [4.69, 9.17) is 18.9 Å². The summed E-state index contributed by atoms with van der Waals surface area (Å²) in [6.45, 7) is 2.65. The van der Waals surface area contributed by atoms with Gasteiger partial charge in [-0.15, -0.1) is 0 Å². The van der Waals surface area contributed by atoms with Gasteiger partial charge in [0.15, 0.2) is 12.6 Å². The Bertz CT molecular complexity index is 1600. The largest absolute Gasteiger partial charge is 0.394 e. The molecule has 2 saturated heterocycles. The Labute approximate surface area is 478 Å². The molecule has 9 N–H and O–H groups in total. The van der Waals surface area contributed by atoms with E-state index in [0.717, 1.165) is 57.8 Å². The number of carbonyl (C=O) groups excluding carboxylic acids is 1. The number of hydrogen-bond acceptors (Lipinski definition) is 13. The monoisotopic (exact) mass is 1120 g/mol. The summed E-state index contributed by atoms with van der Waals surface area (Å²) in [5, 5.41) is 87.0. The number of ether oxygens (including phenoxy) is 4. The van der Waals surface area contributed by atoms with Crippen molar-refractivity contribution in [3.8, 4) is 0 Å². The summed E-state index contributed by atoms with van der Waals surface area (Å²) in [5.41, 5.74) is 0. The molecule has 14 nitrogen and oxygen atoms in total. The van der Waals surface area contributed by atoms with Gasteiger partial charge >= 0.3 is 0 Å². The predicted octanol–water partition coefficient (Wildman–Crippen LogP) is 11.5. The highest BCUT2D eigenvalue weighted by Crippen LogP contribution is 2.30. The summed E-state index contributed by atoms with van der Waals surface area (Å²) in [6, 6.07) is -0.931. The van der Waals surface area contributed by atoms with Crippen LogP contribution in [0.3, 0.4) is 0 Å². The summed E-state index contributed by atoms with van der Waals surface area (Å²) in [7, 11) is 0. The molecule has 2 rings (SSSR count). The molecule has 12 unspecified atom stereocenters. The van der Waals surface area contributed by atoms with Crippen LogP contribution in [-0.2, 0) is 23.7 Å². The van der Waals surface area contributed by atoms with Crippen molar-refractivity contribution in [1.29, 1.82) is 0 Å². The average molecular weight is 1120 g/mol. The van der Waals surface area contributed by atoms with Crippen molar-refractivity contribution in [3.63, 3.8) is 0 Å². The van der Waals surface area contributed by atoms with Crippen LogP contribution in [0.2, 0.25) is 0 Å². The lowest BCUT2D eigenvalue weighted by atomic mass is 9.97. The van der Waals surface area contributed by atoms with E-state index in [1.165, 1.54) is 148 Å². The number of carbonyl (C=O) groups is 1. The number of aliphatic hydroxyl groups is 8. The van der Waals surface area contributed by atoms with Crippen LogP contribution >= 0.6 is 0 Å². The second-order valence-electron chi connectivity index (χ2n) is 22.1. The number of rotatable bonds is 50. The molecule has 0 aromatic rings. The van der Waals surface area contributed by atoms with Gasteiger partial charge in [-0.25, -0.2) is 0 Å². The first-order valence-corrected chi connectivity index (χ1v) is 31.7. The fourth-order valence-electron chi connectivity index (χ4n) is 10.1. The Balaban J connectivity index is 1.62. The quantitative estimate of drug-likeness (QED) is 0.0204. The molecule has 12 atom stereocenters. The molecule has 0 aromatic carbocycles. The Kier molecular flexibility index (Phi) is 45.9. The van der Waals surface area contributed by atoms with Crippen LogP contribution in [0, 0.1) is 0 Å². The summed E-state index contributed by atoms with van der Waals surface area (Å²) in [4.78, 5) is 13.2. The molecule has 14 heteroatoms. The van der Waals surface area contributed by atoms with Crippen LogP contribution in [0.4, 0.5) is 0 Å². The van der Waals surface area contributed by atoms with E-state index in [9.17, 15) is 45.6 Å². The fraction of sp³-hybridized carbons (Fsp3) is 0.800. The van der Waals surface area contributed by atoms with Gasteiger partial charge in [-0.3, -0.25) is 4.79 Å². The van der Waals surface area contributed by atoms with Gasteiger partial charge in [-0.1, -0.05) is 234 Å². The number of amides is 1. The van der Waals surface area contributed by atoms with Gasteiger partial charge in [0.1, 0.15) is 48.8 Å². The van der Waals surface area contributed by atoms with Crippen LogP contribution in [0.5, 0.6) is 0 Å². The van der Waals surface area contributed by atoms with Crippen LogP contribution in [-0.4, -0.2) is 140 Å². The van der Waals surface area contributed by atoms with Gasteiger partial charge in [0.05, 0.1) is 32.0 Å². The molecule has 79 heavy (non-hydrogen) atoms. The Hall–Kier alpha value is -2.57. The minimum atomic E-state index is -1.79. The molecule has 0 radical (unpaired) electrons. The van der Waals surface area contributed by atoms with E-state index in [2.05, 4.69) is 79.9 Å². The van der Waals surface area contributed by atoms with Gasteiger partial charge in [0.25, 0.3) is 0 Å². The molecule has 0 aromatic heterocycles. The lowest BCUT2D eigenvalue weighted by Crippen LogP contribution is -2.65. The van der Waals surface area contributed by atoms with Gasteiger partial charge in [-0.05, 0) is 70.6 Å². The molecule has 2 aliphatic rings. The van der Waals surface area contributed by atoms with Crippen LogP contribution in [0.25, 0.3) is 0 Å². The zero-order valence-electron chi connectivity index (χ0n) is 49.3. The third kappa shape index (κ3) is 35.2. The molecular weight excluding hydrogens is 1000 g/mol. The van der Waals surface area contributed by atoms with Crippen molar-refractivity contribution in [3.05, 3.63) is 72.9 Å². The topological polar surface area (TPSA) is 228 Å². The van der Waals surface area contributed by atoms with E-state index in [1.807, 2.05) is 6.08 Å². The average Bonchev–Trinajstić information content (AvgIpc) is 3.49. The van der Waals surface area contributed by atoms with E-state index >= 15 is 0 Å². The van der Waals surface area contributed by atoms with E-state index in [0.29, 0.717) is 12.8 Å². The maximum Gasteiger partial charge on any atom is 0.220 e. The molecule has 2 fully saturated rings. The zero-order valence-corrected chi connectivity index (χ0v) is 49.3. The summed E-state index contributed by atoms with van der Waals surface area (Å²) in [6.07, 6.45) is 49.7. The lowest BCUT2D eigenvalue weighted by Gasteiger charge is -2.46. The highest BCUT2D eigenvalue weighted by molar-refractivity contribution is 5.76. The van der Waals surface area contributed by atoms with Gasteiger partial charge in [0, 0.05) is 6.42 Å². The lowest BCUT2D eigenvalue weighted by molar-refractivity contribution is -0.359. The Morgan fingerprint density at radius 2 is 0.886 bits per heavy atom. The molecule has 0 spiro atoms. The first-order valence-electron chi connectivity index (χ1n) is 31.7. The number of unbranched alkanes of at least 4 members (excludes halogenated alkanes) is 27. The van der Waals surface area contributed by atoms with Gasteiger partial charge in [-0.2, -0.15) is 0 Å². The summed E-state index contributed by atoms with van der Waals surface area (Å²) >= 11 is 0. The second-order valence-corrected chi connectivity index (χ2v) is 22.1. The fourth-order valence-corrected chi connectivity index (χ4v) is 10.1. The summed E-state index contributed by atoms with van der Waals surface area (Å²) < 4.78 is 22.7. The maximum absolute atomic E-state index is 13.2. The minimum absolute atomic E-state index is 0.250. The third-order valence-electron chi connectivity index (χ3n) is 15.1. The SMILES string of the molecule is CC/C=C\C/C=C\C/C=C\C/C=C\CCCCCCCCCCCCCCCCCCCCCCC(=O)NC(COC1OC(CO)C(OC2OC(CO)C(O)C(O)C2O)C(O)C1O)C(O)/C=C/CC/C=C/CCCCCCCC. The van der Waals surface area contributed by atoms with Crippen molar-refractivity contribution in [2.45, 2.75) is 312 Å². The smallest absolute Gasteiger partial charge is 0.220 e. The van der Waals surface area contributed by atoms with Crippen molar-refractivity contribution in [2.75, 3.05) is 19.8 Å². The highest BCUT2D eigenvalue weighted by atomic mass is 16.7. The second kappa shape index (κ2) is 50.0. The van der Waals surface area contributed by atoms with Crippen molar-refractivity contribution in [1.82, 2.24) is 5.32 Å². The number of allylic oxidation sites excluding steroid dienone is 11. The molecule has 458 valence electrons. The normalized spacial score (nSPS) is 24.9. The maximum atomic E-state index is 13.2. The molecular formula is C65H115NO13. The predicted molar refractivity (Wildman–Crippen MR) is 318 cm³/mol. The molecule has 0 bridgehead atoms. The van der Waals surface area contributed by atoms with Crippen molar-refractivity contribution < 1.29 is 64.6 Å². The van der Waals surface area contributed by atoms with Crippen LogP contribution < -0.4 is 5.32 Å². The highest BCUT2D eigenvalue weighted by Gasteiger charge is 2.51. The first kappa shape index (κ1) is 72.5. The minimum Gasteiger partial charge on any atom is -0.394 e. The molecule has 1 amide bonds. The van der Waals surface area contributed by atoms with Crippen molar-refractivity contribution >= 4 is 5.91 Å². The van der Waals surface area contributed by atoms with Crippen molar-refractivity contribution in [2.24, 2.45) is 0 Å². The van der Waals surface area contributed by atoms with Gasteiger partial charge in [0.2, 0.25) is 5.91 Å². The van der Waals surface area contributed by atoms with E-state index in [1.54, 1.807) is 6.08 Å².